The average Bonchev–Trinajstić information content (AvgIpc) is 2.60. The number of unbranched alkanes of at least 4 members (excludes halogenated alkanes) is 1. The Morgan fingerprint density at radius 3 is 2.33 bits per heavy atom. The van der Waals surface area contributed by atoms with Crippen LogP contribution in [0.4, 0.5) is 0 Å². The molecule has 0 spiro atoms. The van der Waals surface area contributed by atoms with Crippen molar-refractivity contribution in [2.24, 2.45) is 0 Å². The number of aryl methyl sites for hydroxylation is 2. The highest BCUT2D eigenvalue weighted by molar-refractivity contribution is 6.50. The van der Waals surface area contributed by atoms with Crippen LogP contribution in [0, 0.1) is 6.92 Å². The summed E-state index contributed by atoms with van der Waals surface area (Å²) in [6.45, 7) is 2.62. The first-order chi connectivity index (χ1) is 11.6. The molecule has 0 unspecified atom stereocenters. The van der Waals surface area contributed by atoms with Crippen LogP contribution in [-0.4, -0.2) is 18.2 Å². The monoisotopic (exact) mass is 320 g/mol. The van der Waals surface area contributed by atoms with Gasteiger partial charge in [0.2, 0.25) is 11.6 Å². The fraction of sp³-hybridized carbons (Fsp3) is 0.238. The molecule has 1 aliphatic rings. The fourth-order valence-corrected chi connectivity index (χ4v) is 2.78. The SMILES string of the molecule is Cc1ccc(CCCCOC2=CC(=O)C(=O)c3ccccc32)cc1. The van der Waals surface area contributed by atoms with E-state index in [9.17, 15) is 9.59 Å². The third-order valence-corrected chi connectivity index (χ3v) is 4.16. The van der Waals surface area contributed by atoms with E-state index in [0.29, 0.717) is 23.5 Å². The third-order valence-electron chi connectivity index (χ3n) is 4.16. The maximum absolute atomic E-state index is 11.9. The molecule has 2 aromatic carbocycles. The van der Waals surface area contributed by atoms with E-state index in [2.05, 4.69) is 31.2 Å². The van der Waals surface area contributed by atoms with E-state index in [0.717, 1.165) is 19.3 Å². The zero-order valence-electron chi connectivity index (χ0n) is 13.7. The molecule has 0 fully saturated rings. The van der Waals surface area contributed by atoms with Gasteiger partial charge < -0.3 is 4.74 Å². The summed E-state index contributed by atoms with van der Waals surface area (Å²) in [6.07, 6.45) is 4.24. The first-order valence-electron chi connectivity index (χ1n) is 8.23. The van der Waals surface area contributed by atoms with Crippen LogP contribution in [0.2, 0.25) is 0 Å². The highest BCUT2D eigenvalue weighted by Gasteiger charge is 2.26. The molecule has 1 aliphatic carbocycles. The first-order valence-corrected chi connectivity index (χ1v) is 8.23. The van der Waals surface area contributed by atoms with Crippen molar-refractivity contribution in [3.63, 3.8) is 0 Å². The topological polar surface area (TPSA) is 43.4 Å². The number of ether oxygens (including phenoxy) is 1. The smallest absolute Gasteiger partial charge is 0.233 e. The Balaban J connectivity index is 1.53. The van der Waals surface area contributed by atoms with Crippen molar-refractivity contribution in [3.05, 3.63) is 76.9 Å². The second kappa shape index (κ2) is 7.26. The van der Waals surface area contributed by atoms with E-state index in [1.807, 2.05) is 12.1 Å². The Hall–Kier alpha value is -2.68. The van der Waals surface area contributed by atoms with Crippen molar-refractivity contribution in [3.8, 4) is 0 Å². The number of fused-ring (bicyclic) bond motifs is 1. The van der Waals surface area contributed by atoms with Crippen LogP contribution in [0.25, 0.3) is 5.76 Å². The van der Waals surface area contributed by atoms with E-state index < -0.39 is 11.6 Å². The van der Waals surface area contributed by atoms with Gasteiger partial charge in [-0.05, 0) is 31.7 Å². The van der Waals surface area contributed by atoms with Crippen molar-refractivity contribution >= 4 is 17.3 Å². The number of carbonyl (C=O) groups is 2. The molecular formula is C21H20O3. The molecule has 3 rings (SSSR count). The summed E-state index contributed by atoms with van der Waals surface area (Å²) in [6, 6.07) is 15.6. The molecular weight excluding hydrogens is 300 g/mol. The van der Waals surface area contributed by atoms with Crippen LogP contribution in [0.3, 0.4) is 0 Å². The molecule has 0 saturated carbocycles. The van der Waals surface area contributed by atoms with E-state index in [1.54, 1.807) is 12.1 Å². The lowest BCUT2D eigenvalue weighted by atomic mass is 9.94. The molecule has 0 aromatic heterocycles. The summed E-state index contributed by atoms with van der Waals surface area (Å²) in [5.74, 6) is -0.466. The number of ketones is 2. The van der Waals surface area contributed by atoms with Gasteiger partial charge in [-0.2, -0.15) is 0 Å². The Labute approximate surface area is 142 Å². The molecule has 0 aliphatic heterocycles. The van der Waals surface area contributed by atoms with E-state index >= 15 is 0 Å². The number of hydrogen-bond donors (Lipinski definition) is 0. The molecule has 0 atom stereocenters. The number of benzene rings is 2. The number of rotatable bonds is 6. The second-order valence-corrected chi connectivity index (χ2v) is 6.04. The lowest BCUT2D eigenvalue weighted by Gasteiger charge is -2.16. The summed E-state index contributed by atoms with van der Waals surface area (Å²) >= 11 is 0. The van der Waals surface area contributed by atoms with E-state index in [-0.39, 0.29) is 0 Å². The Morgan fingerprint density at radius 1 is 0.875 bits per heavy atom. The third kappa shape index (κ3) is 3.62. The maximum atomic E-state index is 11.9. The Bertz CT molecular complexity index is 785. The molecule has 0 saturated heterocycles. The van der Waals surface area contributed by atoms with Crippen LogP contribution in [-0.2, 0) is 16.0 Å². The summed E-state index contributed by atoms with van der Waals surface area (Å²) in [5, 5.41) is 0. The first kappa shape index (κ1) is 16.2. The minimum absolute atomic E-state index is 0.430. The zero-order chi connectivity index (χ0) is 16.9. The van der Waals surface area contributed by atoms with Crippen LogP contribution in [0.15, 0.2) is 54.6 Å². The van der Waals surface area contributed by atoms with Gasteiger partial charge in [0.1, 0.15) is 5.76 Å². The largest absolute Gasteiger partial charge is 0.493 e. The summed E-state index contributed by atoms with van der Waals surface area (Å²) in [5.41, 5.74) is 3.73. The summed E-state index contributed by atoms with van der Waals surface area (Å²) in [4.78, 5) is 23.6. The van der Waals surface area contributed by atoms with Gasteiger partial charge in [0.05, 0.1) is 6.61 Å². The van der Waals surface area contributed by atoms with Gasteiger partial charge in [0, 0.05) is 17.2 Å². The number of allylic oxidation sites excluding steroid dienone is 1. The Morgan fingerprint density at radius 2 is 1.58 bits per heavy atom. The minimum Gasteiger partial charge on any atom is -0.493 e. The highest BCUT2D eigenvalue weighted by atomic mass is 16.5. The van der Waals surface area contributed by atoms with Crippen molar-refractivity contribution in [1.29, 1.82) is 0 Å². The van der Waals surface area contributed by atoms with Gasteiger partial charge in [-0.1, -0.05) is 54.1 Å². The quantitative estimate of drug-likeness (QED) is 0.593. The van der Waals surface area contributed by atoms with Gasteiger partial charge in [0.25, 0.3) is 0 Å². The van der Waals surface area contributed by atoms with Crippen molar-refractivity contribution < 1.29 is 14.3 Å². The highest BCUT2D eigenvalue weighted by Crippen LogP contribution is 2.26. The lowest BCUT2D eigenvalue weighted by Crippen LogP contribution is -2.19. The molecule has 2 aromatic rings. The van der Waals surface area contributed by atoms with Crippen LogP contribution in [0.5, 0.6) is 0 Å². The fourth-order valence-electron chi connectivity index (χ4n) is 2.78. The number of carbonyl (C=O) groups excluding carboxylic acids is 2. The molecule has 0 amide bonds. The predicted molar refractivity (Wildman–Crippen MR) is 93.8 cm³/mol. The molecule has 0 N–H and O–H groups in total. The molecule has 0 bridgehead atoms. The van der Waals surface area contributed by atoms with Crippen LogP contribution in [0.1, 0.15) is 39.9 Å². The standard InChI is InChI=1S/C21H20O3/c1-15-9-11-16(12-10-15)6-4-5-13-24-20-14-19(22)21(23)18-8-3-2-7-17(18)20/h2-3,7-12,14H,4-6,13H2,1H3. The van der Waals surface area contributed by atoms with E-state index in [1.165, 1.54) is 17.2 Å². The van der Waals surface area contributed by atoms with Gasteiger partial charge in [-0.3, -0.25) is 9.59 Å². The van der Waals surface area contributed by atoms with Crippen molar-refractivity contribution in [2.75, 3.05) is 6.61 Å². The van der Waals surface area contributed by atoms with E-state index in [4.69, 9.17) is 4.74 Å². The van der Waals surface area contributed by atoms with Crippen LogP contribution >= 0.6 is 0 Å². The minimum atomic E-state index is -0.511. The van der Waals surface area contributed by atoms with Gasteiger partial charge >= 0.3 is 0 Å². The normalized spacial score (nSPS) is 13.5. The molecule has 3 heteroatoms. The summed E-state index contributed by atoms with van der Waals surface area (Å²) in [7, 11) is 0. The van der Waals surface area contributed by atoms with Crippen molar-refractivity contribution in [2.45, 2.75) is 26.2 Å². The lowest BCUT2D eigenvalue weighted by molar-refractivity contribution is -0.111. The second-order valence-electron chi connectivity index (χ2n) is 6.04. The predicted octanol–water partition coefficient (Wildman–Crippen LogP) is 4.14. The van der Waals surface area contributed by atoms with Gasteiger partial charge in [0.15, 0.2) is 0 Å². The average molecular weight is 320 g/mol. The molecule has 0 radical (unpaired) electrons. The van der Waals surface area contributed by atoms with Crippen LogP contribution < -0.4 is 0 Å². The number of hydrogen-bond acceptors (Lipinski definition) is 3. The van der Waals surface area contributed by atoms with Gasteiger partial charge in [-0.15, -0.1) is 0 Å². The summed E-state index contributed by atoms with van der Waals surface area (Å²) < 4.78 is 5.77. The maximum Gasteiger partial charge on any atom is 0.233 e. The Kier molecular flexibility index (Phi) is 4.90. The molecule has 122 valence electrons. The zero-order valence-corrected chi connectivity index (χ0v) is 13.7. The molecule has 24 heavy (non-hydrogen) atoms. The molecule has 0 heterocycles. The number of Topliss-reactive ketones (excluding diaryl/α,β-unsaturated/α-hetero) is 1. The molecule has 3 nitrogen and oxygen atoms in total. The van der Waals surface area contributed by atoms with Crippen molar-refractivity contribution in [1.82, 2.24) is 0 Å². The van der Waals surface area contributed by atoms with Gasteiger partial charge in [-0.25, -0.2) is 0 Å².